The summed E-state index contributed by atoms with van der Waals surface area (Å²) in [5.74, 6) is 0. The van der Waals surface area contributed by atoms with Gasteiger partial charge in [-0.1, -0.05) is 0 Å². The van der Waals surface area contributed by atoms with Crippen molar-refractivity contribution in [3.8, 4) is 0 Å². The third kappa shape index (κ3) is 24.8. The van der Waals surface area contributed by atoms with Crippen LogP contribution < -0.4 is 88.7 Å². The molecule has 0 aromatic heterocycles. The topological polar surface area (TPSA) is 203 Å². The van der Waals surface area contributed by atoms with Gasteiger partial charge in [0.05, 0.1) is 0 Å². The summed E-state index contributed by atoms with van der Waals surface area (Å²) in [6, 6.07) is 0. The Labute approximate surface area is 193 Å². The Kier molecular flexibility index (Phi) is 20.1. The Bertz CT molecular complexity index is 499. The van der Waals surface area contributed by atoms with Crippen molar-refractivity contribution in [3.63, 3.8) is 0 Å². The molecule has 0 fully saturated rings. The zero-order valence-electron chi connectivity index (χ0n) is 11.7. The molecule has 0 bridgehead atoms. The van der Waals surface area contributed by atoms with Crippen LogP contribution in [0.2, 0.25) is 0 Å². The summed E-state index contributed by atoms with van der Waals surface area (Å²) < 4.78 is 102. The molecule has 19 heteroatoms. The SMILES string of the molecule is O=S(=O)([O-])OCN(COS(=O)(=O)[O-])COS(=O)(=O)[O-].[Na+].[Na+].[Na+]. The molecule has 0 amide bonds. The minimum atomic E-state index is -5.18. The van der Waals surface area contributed by atoms with E-state index >= 15 is 0 Å². The van der Waals surface area contributed by atoms with Gasteiger partial charge in [-0.3, -0.25) is 12.5 Å². The third-order valence-corrected chi connectivity index (χ3v) is 2.32. The Morgan fingerprint density at radius 1 is 0.591 bits per heavy atom. The van der Waals surface area contributed by atoms with Crippen LogP contribution in [0.5, 0.6) is 0 Å². The normalized spacial score (nSPS) is 12.0. The van der Waals surface area contributed by atoms with Gasteiger partial charge in [0.1, 0.15) is 20.2 Å². The molecule has 0 saturated heterocycles. The van der Waals surface area contributed by atoms with Crippen LogP contribution in [0.1, 0.15) is 0 Å². The molecule has 0 saturated carbocycles. The third-order valence-electron chi connectivity index (χ3n) is 1.14. The molecule has 0 aliphatic rings. The Balaban J connectivity index is -0.000000540. The van der Waals surface area contributed by atoms with E-state index in [0.717, 1.165) is 0 Å². The summed E-state index contributed by atoms with van der Waals surface area (Å²) in [6.07, 6.45) is 0. The molecule has 0 aliphatic heterocycles. The van der Waals surface area contributed by atoms with Gasteiger partial charge in [-0.15, -0.1) is 0 Å². The zero-order valence-corrected chi connectivity index (χ0v) is 20.1. The van der Waals surface area contributed by atoms with E-state index < -0.39 is 51.4 Å². The summed E-state index contributed by atoms with van der Waals surface area (Å²) in [5.41, 5.74) is 0. The van der Waals surface area contributed by atoms with Crippen molar-refractivity contribution < 1.29 is 140 Å². The summed E-state index contributed by atoms with van der Waals surface area (Å²) in [6.45, 7) is -3.63. The van der Waals surface area contributed by atoms with Crippen LogP contribution >= 0.6 is 0 Å². The van der Waals surface area contributed by atoms with Gasteiger partial charge < -0.3 is 13.7 Å². The molecule has 0 N–H and O–H groups in total. The Morgan fingerprint density at radius 3 is 0.909 bits per heavy atom. The minimum absolute atomic E-state index is 0. The van der Waals surface area contributed by atoms with E-state index in [1.54, 1.807) is 0 Å². The van der Waals surface area contributed by atoms with Crippen molar-refractivity contribution in [1.82, 2.24) is 4.90 Å². The van der Waals surface area contributed by atoms with E-state index in [1.165, 1.54) is 0 Å². The smallest absolute Gasteiger partial charge is 0.725 e. The molecule has 116 valence electrons. The van der Waals surface area contributed by atoms with Gasteiger partial charge in [-0.05, 0) is 0 Å². The van der Waals surface area contributed by atoms with E-state index in [9.17, 15) is 38.9 Å². The molecule has 0 heterocycles. The van der Waals surface area contributed by atoms with Crippen molar-refractivity contribution >= 4 is 31.2 Å². The van der Waals surface area contributed by atoms with Crippen LogP contribution in [-0.2, 0) is 43.7 Å². The van der Waals surface area contributed by atoms with Crippen molar-refractivity contribution in [2.24, 2.45) is 0 Å². The van der Waals surface area contributed by atoms with Crippen LogP contribution in [0, 0.1) is 0 Å². The first-order chi connectivity index (χ1) is 8.29. The molecular formula is C3H6NNa3O12S3. The van der Waals surface area contributed by atoms with Crippen LogP contribution in [0.15, 0.2) is 0 Å². The van der Waals surface area contributed by atoms with Crippen molar-refractivity contribution in [2.75, 3.05) is 20.2 Å². The standard InChI is InChI=1S/C3H9NO12S3.3Na/c5-17(6,7)14-1-4(2-15-18(8,9)10)3-16-19(11,12)13;;;/h1-3H2,(H,5,6,7)(H,8,9,10)(H,11,12,13);;;/q;3*+1/p-3. The van der Waals surface area contributed by atoms with Crippen molar-refractivity contribution in [3.05, 3.63) is 0 Å². The minimum Gasteiger partial charge on any atom is -0.725 e. The maximum absolute atomic E-state index is 10.1. The summed E-state index contributed by atoms with van der Waals surface area (Å²) >= 11 is 0. The summed E-state index contributed by atoms with van der Waals surface area (Å²) in [4.78, 5) is 0.278. The first-order valence-electron chi connectivity index (χ1n) is 3.81. The maximum atomic E-state index is 10.1. The number of hydrogen-bond acceptors (Lipinski definition) is 13. The van der Waals surface area contributed by atoms with Gasteiger partial charge in [0, 0.05) is 0 Å². The largest absolute Gasteiger partial charge is 1.00 e. The van der Waals surface area contributed by atoms with Gasteiger partial charge >= 0.3 is 88.7 Å². The monoisotopic (exact) mass is 413 g/mol. The van der Waals surface area contributed by atoms with E-state index in [1.807, 2.05) is 0 Å². The Hall–Kier alpha value is 2.57. The second-order valence-electron chi connectivity index (χ2n) is 2.64. The average Bonchev–Trinajstić information content (AvgIpc) is 2.11. The molecule has 0 aromatic rings. The van der Waals surface area contributed by atoms with Crippen molar-refractivity contribution in [1.29, 1.82) is 0 Å². The van der Waals surface area contributed by atoms with Crippen molar-refractivity contribution in [2.45, 2.75) is 0 Å². The molecule has 0 radical (unpaired) electrons. The molecule has 0 rings (SSSR count). The van der Waals surface area contributed by atoms with E-state index in [-0.39, 0.29) is 93.6 Å². The average molecular weight is 413 g/mol. The second-order valence-corrected chi connectivity index (χ2v) is 5.79. The van der Waals surface area contributed by atoms with Gasteiger partial charge in [-0.25, -0.2) is 30.2 Å². The molecule has 0 aliphatic carbocycles. The molecule has 13 nitrogen and oxygen atoms in total. The second kappa shape index (κ2) is 13.7. The predicted molar refractivity (Wildman–Crippen MR) is 48.8 cm³/mol. The summed E-state index contributed by atoms with van der Waals surface area (Å²) in [7, 11) is -15.6. The van der Waals surface area contributed by atoms with Crippen LogP contribution in [0.3, 0.4) is 0 Å². The molecule has 0 atom stereocenters. The first kappa shape index (κ1) is 32.3. The fourth-order valence-electron chi connectivity index (χ4n) is 0.529. The van der Waals surface area contributed by atoms with E-state index in [0.29, 0.717) is 0 Å². The number of nitrogens with zero attached hydrogens (tertiary/aromatic N) is 1. The molecule has 0 aromatic carbocycles. The fraction of sp³-hybridized carbons (Fsp3) is 1.00. The van der Waals surface area contributed by atoms with Gasteiger partial charge in [-0.2, -0.15) is 0 Å². The fourth-order valence-corrected chi connectivity index (χ4v) is 1.36. The van der Waals surface area contributed by atoms with Crippen LogP contribution in [0.25, 0.3) is 0 Å². The predicted octanol–water partition coefficient (Wildman–Crippen LogP) is -12.4. The number of rotatable bonds is 9. The van der Waals surface area contributed by atoms with Gasteiger partial charge in [0.25, 0.3) is 0 Å². The van der Waals surface area contributed by atoms with Crippen LogP contribution in [-0.4, -0.2) is 64.0 Å². The molecule has 0 unspecified atom stereocenters. The zero-order chi connectivity index (χ0) is 15.3. The van der Waals surface area contributed by atoms with E-state index in [4.69, 9.17) is 0 Å². The quantitative estimate of drug-likeness (QED) is 0.149. The number of hydrogen-bond donors (Lipinski definition) is 0. The Morgan fingerprint density at radius 2 is 0.773 bits per heavy atom. The summed E-state index contributed by atoms with van der Waals surface area (Å²) in [5, 5.41) is 0. The van der Waals surface area contributed by atoms with Gasteiger partial charge in [0.15, 0.2) is 0 Å². The molecule has 0 spiro atoms. The van der Waals surface area contributed by atoms with E-state index in [2.05, 4.69) is 12.5 Å². The molecular weight excluding hydrogens is 407 g/mol. The first-order valence-corrected chi connectivity index (χ1v) is 7.81. The molecule has 22 heavy (non-hydrogen) atoms. The van der Waals surface area contributed by atoms with Crippen LogP contribution in [0.4, 0.5) is 0 Å². The van der Waals surface area contributed by atoms with Gasteiger partial charge in [0.2, 0.25) is 31.2 Å². The maximum Gasteiger partial charge on any atom is 1.00 e.